The van der Waals surface area contributed by atoms with Crippen molar-refractivity contribution in [3.8, 4) is 0 Å². The summed E-state index contributed by atoms with van der Waals surface area (Å²) in [7, 11) is 0. The molecule has 1 aromatic heterocycles. The zero-order valence-electron chi connectivity index (χ0n) is 8.67. The largest absolute Gasteiger partial charge is 0.313 e. The van der Waals surface area contributed by atoms with Crippen molar-refractivity contribution in [1.29, 1.82) is 0 Å². The van der Waals surface area contributed by atoms with Crippen LogP contribution in [0.4, 0.5) is 0 Å². The molecule has 0 aromatic carbocycles. The van der Waals surface area contributed by atoms with Crippen molar-refractivity contribution in [3.63, 3.8) is 0 Å². The van der Waals surface area contributed by atoms with Crippen molar-refractivity contribution in [3.05, 3.63) is 28.5 Å². The van der Waals surface area contributed by atoms with Crippen LogP contribution in [-0.2, 0) is 6.54 Å². The molecule has 0 atom stereocenters. The Morgan fingerprint density at radius 1 is 1.33 bits per heavy atom. The van der Waals surface area contributed by atoms with E-state index in [0.29, 0.717) is 0 Å². The predicted molar refractivity (Wildman–Crippen MR) is 64.7 cm³/mol. The molecule has 3 nitrogen and oxygen atoms in total. The summed E-state index contributed by atoms with van der Waals surface area (Å²) in [5, 5.41) is 6.86. The van der Waals surface area contributed by atoms with Gasteiger partial charge in [0.2, 0.25) is 0 Å². The van der Waals surface area contributed by atoms with Gasteiger partial charge < -0.3 is 10.6 Å². The molecule has 1 aliphatic rings. The molecule has 15 heavy (non-hydrogen) atoms. The van der Waals surface area contributed by atoms with Crippen LogP contribution in [0.2, 0.25) is 0 Å². The minimum atomic E-state index is 0.805. The lowest BCUT2D eigenvalue weighted by Crippen LogP contribution is -2.28. The van der Waals surface area contributed by atoms with E-state index >= 15 is 0 Å². The number of hydrogen-bond acceptors (Lipinski definition) is 3. The van der Waals surface area contributed by atoms with Crippen molar-refractivity contribution in [2.24, 2.45) is 0 Å². The molecule has 1 saturated carbocycles. The zero-order valence-corrected chi connectivity index (χ0v) is 10.3. The molecule has 82 valence electrons. The monoisotopic (exact) mass is 269 g/mol. The van der Waals surface area contributed by atoms with E-state index < -0.39 is 0 Å². The van der Waals surface area contributed by atoms with E-state index in [-0.39, 0.29) is 0 Å². The van der Waals surface area contributed by atoms with E-state index in [0.717, 1.165) is 30.1 Å². The highest BCUT2D eigenvalue weighted by Crippen LogP contribution is 2.17. The summed E-state index contributed by atoms with van der Waals surface area (Å²) in [6, 6.07) is 2.90. The fourth-order valence-electron chi connectivity index (χ4n) is 1.44. The Bertz CT molecular complexity index is 312. The van der Waals surface area contributed by atoms with Gasteiger partial charge in [0.15, 0.2) is 0 Å². The lowest BCUT2D eigenvalue weighted by molar-refractivity contribution is 0.608. The Morgan fingerprint density at radius 3 is 2.93 bits per heavy atom. The predicted octanol–water partition coefficient (Wildman–Crippen LogP) is 1.69. The number of aromatic nitrogens is 1. The summed E-state index contributed by atoms with van der Waals surface area (Å²) in [6.45, 7) is 2.97. The third-order valence-corrected chi connectivity index (χ3v) is 2.84. The Balaban J connectivity index is 1.60. The van der Waals surface area contributed by atoms with Crippen LogP contribution >= 0.6 is 15.9 Å². The van der Waals surface area contributed by atoms with Crippen LogP contribution in [0.5, 0.6) is 0 Å². The number of rotatable bonds is 6. The quantitative estimate of drug-likeness (QED) is 0.772. The molecule has 0 radical (unpaired) electrons. The van der Waals surface area contributed by atoms with Crippen molar-refractivity contribution >= 4 is 15.9 Å². The van der Waals surface area contributed by atoms with Gasteiger partial charge in [0, 0.05) is 42.5 Å². The van der Waals surface area contributed by atoms with Gasteiger partial charge in [-0.05, 0) is 40.4 Å². The van der Waals surface area contributed by atoms with Crippen molar-refractivity contribution in [1.82, 2.24) is 15.6 Å². The first kappa shape index (κ1) is 11.0. The van der Waals surface area contributed by atoms with Crippen LogP contribution in [0, 0.1) is 0 Å². The van der Waals surface area contributed by atoms with Gasteiger partial charge in [-0.25, -0.2) is 0 Å². The highest BCUT2D eigenvalue weighted by Gasteiger charge is 2.19. The van der Waals surface area contributed by atoms with Gasteiger partial charge in [0.25, 0.3) is 0 Å². The average molecular weight is 270 g/mol. The van der Waals surface area contributed by atoms with Gasteiger partial charge >= 0.3 is 0 Å². The van der Waals surface area contributed by atoms with Gasteiger partial charge in [-0.15, -0.1) is 0 Å². The van der Waals surface area contributed by atoms with E-state index in [1.165, 1.54) is 18.4 Å². The molecule has 0 bridgehead atoms. The van der Waals surface area contributed by atoms with Gasteiger partial charge in [-0.1, -0.05) is 0 Å². The number of halogens is 1. The maximum Gasteiger partial charge on any atom is 0.0410 e. The number of nitrogens with one attached hydrogen (secondary N) is 2. The Hall–Kier alpha value is -0.450. The molecule has 0 spiro atoms. The fourth-order valence-corrected chi connectivity index (χ4v) is 1.85. The van der Waals surface area contributed by atoms with E-state index in [1.807, 2.05) is 6.20 Å². The van der Waals surface area contributed by atoms with Crippen LogP contribution in [0.3, 0.4) is 0 Å². The summed E-state index contributed by atoms with van der Waals surface area (Å²) in [5.41, 5.74) is 1.22. The highest BCUT2D eigenvalue weighted by molar-refractivity contribution is 9.10. The molecule has 0 saturated heterocycles. The molecule has 1 aliphatic carbocycles. The lowest BCUT2D eigenvalue weighted by atomic mass is 10.3. The van der Waals surface area contributed by atoms with E-state index in [2.05, 4.69) is 37.6 Å². The second kappa shape index (κ2) is 5.58. The summed E-state index contributed by atoms with van der Waals surface area (Å²) >= 11 is 3.41. The van der Waals surface area contributed by atoms with Crippen molar-refractivity contribution in [2.45, 2.75) is 25.4 Å². The number of pyridine rings is 1. The van der Waals surface area contributed by atoms with Crippen LogP contribution < -0.4 is 10.6 Å². The standard InChI is InChI=1S/C11H16BrN3/c12-10-5-9(7-14-8-10)6-13-3-4-15-11-1-2-11/h5,7-8,11,13,15H,1-4,6H2. The van der Waals surface area contributed by atoms with E-state index in [9.17, 15) is 0 Å². The topological polar surface area (TPSA) is 37.0 Å². The Morgan fingerprint density at radius 2 is 2.20 bits per heavy atom. The SMILES string of the molecule is Brc1cncc(CNCCNC2CC2)c1. The highest BCUT2D eigenvalue weighted by atomic mass is 79.9. The third kappa shape index (κ3) is 4.28. The Kier molecular flexibility index (Phi) is 4.11. The van der Waals surface area contributed by atoms with Crippen LogP contribution in [0.1, 0.15) is 18.4 Å². The van der Waals surface area contributed by atoms with Crippen LogP contribution in [0.15, 0.2) is 22.9 Å². The third-order valence-electron chi connectivity index (χ3n) is 2.40. The van der Waals surface area contributed by atoms with Crippen LogP contribution in [0.25, 0.3) is 0 Å². The number of nitrogens with zero attached hydrogens (tertiary/aromatic N) is 1. The maximum absolute atomic E-state index is 4.12. The molecule has 0 amide bonds. The fraction of sp³-hybridized carbons (Fsp3) is 0.545. The molecule has 2 N–H and O–H groups in total. The zero-order chi connectivity index (χ0) is 10.5. The normalized spacial score (nSPS) is 15.5. The maximum atomic E-state index is 4.12. The van der Waals surface area contributed by atoms with E-state index in [1.54, 1.807) is 6.20 Å². The average Bonchev–Trinajstić information content (AvgIpc) is 3.01. The van der Waals surface area contributed by atoms with Gasteiger partial charge in [0.1, 0.15) is 0 Å². The molecular formula is C11H16BrN3. The molecule has 1 fully saturated rings. The van der Waals surface area contributed by atoms with Crippen LogP contribution in [-0.4, -0.2) is 24.1 Å². The first-order valence-electron chi connectivity index (χ1n) is 5.38. The van der Waals surface area contributed by atoms with Crippen molar-refractivity contribution < 1.29 is 0 Å². The first-order valence-corrected chi connectivity index (χ1v) is 6.17. The summed E-state index contributed by atoms with van der Waals surface area (Å²) < 4.78 is 1.04. The second-order valence-corrected chi connectivity index (χ2v) is 4.83. The summed E-state index contributed by atoms with van der Waals surface area (Å²) in [5.74, 6) is 0. The van der Waals surface area contributed by atoms with Gasteiger partial charge in [0.05, 0.1) is 0 Å². The molecule has 1 aromatic rings. The molecule has 4 heteroatoms. The Labute approximate surface area is 98.8 Å². The molecule has 2 rings (SSSR count). The van der Waals surface area contributed by atoms with Gasteiger partial charge in [-0.3, -0.25) is 4.98 Å². The smallest absolute Gasteiger partial charge is 0.0410 e. The molecule has 1 heterocycles. The van der Waals surface area contributed by atoms with Crippen molar-refractivity contribution in [2.75, 3.05) is 13.1 Å². The summed E-state index contributed by atoms with van der Waals surface area (Å²) in [6.07, 6.45) is 6.41. The van der Waals surface area contributed by atoms with E-state index in [4.69, 9.17) is 0 Å². The molecule has 0 aliphatic heterocycles. The minimum Gasteiger partial charge on any atom is -0.313 e. The first-order chi connectivity index (χ1) is 7.34. The molecule has 0 unspecified atom stereocenters. The minimum absolute atomic E-state index is 0.805. The number of hydrogen-bond donors (Lipinski definition) is 2. The summed E-state index contributed by atoms with van der Waals surface area (Å²) in [4.78, 5) is 4.12. The second-order valence-electron chi connectivity index (χ2n) is 3.92. The molecular weight excluding hydrogens is 254 g/mol. The lowest BCUT2D eigenvalue weighted by Gasteiger charge is -2.05. The van der Waals surface area contributed by atoms with Gasteiger partial charge in [-0.2, -0.15) is 0 Å².